The van der Waals surface area contributed by atoms with Crippen molar-refractivity contribution >= 4 is 11.5 Å². The van der Waals surface area contributed by atoms with Crippen LogP contribution in [0.2, 0.25) is 0 Å². The molecule has 1 aliphatic heterocycles. The summed E-state index contributed by atoms with van der Waals surface area (Å²) in [6.07, 6.45) is 3.10. The van der Waals surface area contributed by atoms with E-state index < -0.39 is 0 Å². The summed E-state index contributed by atoms with van der Waals surface area (Å²) < 4.78 is 0. The first-order valence-corrected chi connectivity index (χ1v) is 7.23. The van der Waals surface area contributed by atoms with Crippen LogP contribution in [-0.2, 0) is 0 Å². The van der Waals surface area contributed by atoms with Gasteiger partial charge in [0, 0.05) is 30.9 Å². The van der Waals surface area contributed by atoms with E-state index in [1.54, 1.807) is 12.1 Å². The van der Waals surface area contributed by atoms with Gasteiger partial charge in [0.25, 0.3) is 0 Å². The van der Waals surface area contributed by atoms with Crippen LogP contribution in [-0.4, -0.2) is 35.6 Å². The molecular weight excluding hydrogens is 256 g/mol. The standard InChI is InChI=1S/C14H22N4O2/c1-3-9-17(12-5-4-8-15-10-12)14-13(18(19)20)7-6-11(2)16-14/h6-7,12,15H,3-5,8-10H2,1-2H3. The van der Waals surface area contributed by atoms with E-state index in [-0.39, 0.29) is 16.7 Å². The van der Waals surface area contributed by atoms with Crippen LogP contribution < -0.4 is 10.2 Å². The van der Waals surface area contributed by atoms with Gasteiger partial charge in [0.1, 0.15) is 0 Å². The van der Waals surface area contributed by atoms with Crippen molar-refractivity contribution in [2.45, 2.75) is 39.2 Å². The number of hydrogen-bond acceptors (Lipinski definition) is 5. The van der Waals surface area contributed by atoms with E-state index in [2.05, 4.69) is 22.1 Å². The molecule has 20 heavy (non-hydrogen) atoms. The second kappa shape index (κ2) is 6.65. The van der Waals surface area contributed by atoms with E-state index in [0.29, 0.717) is 5.82 Å². The largest absolute Gasteiger partial charge is 0.347 e. The summed E-state index contributed by atoms with van der Waals surface area (Å²) in [5.41, 5.74) is 0.921. The van der Waals surface area contributed by atoms with Crippen molar-refractivity contribution in [1.82, 2.24) is 10.3 Å². The number of piperidine rings is 1. The third kappa shape index (κ3) is 3.25. The fraction of sp³-hybridized carbons (Fsp3) is 0.643. The van der Waals surface area contributed by atoms with Gasteiger partial charge in [-0.25, -0.2) is 4.98 Å². The van der Waals surface area contributed by atoms with E-state index >= 15 is 0 Å². The lowest BCUT2D eigenvalue weighted by molar-refractivity contribution is -0.384. The lowest BCUT2D eigenvalue weighted by atomic mass is 10.1. The van der Waals surface area contributed by atoms with Gasteiger partial charge in [-0.2, -0.15) is 0 Å². The highest BCUT2D eigenvalue weighted by molar-refractivity contribution is 5.59. The van der Waals surface area contributed by atoms with Crippen LogP contribution in [0.5, 0.6) is 0 Å². The molecule has 0 radical (unpaired) electrons. The number of pyridine rings is 1. The number of rotatable bonds is 5. The molecule has 2 rings (SSSR count). The van der Waals surface area contributed by atoms with Crippen LogP contribution in [0.25, 0.3) is 0 Å². The quantitative estimate of drug-likeness (QED) is 0.661. The Balaban J connectivity index is 2.36. The summed E-state index contributed by atoms with van der Waals surface area (Å²) in [6, 6.07) is 3.55. The van der Waals surface area contributed by atoms with Gasteiger partial charge in [-0.05, 0) is 38.8 Å². The lowest BCUT2D eigenvalue weighted by Gasteiger charge is -2.35. The van der Waals surface area contributed by atoms with E-state index in [1.165, 1.54) is 0 Å². The predicted octanol–water partition coefficient (Wildman–Crippen LogP) is 2.27. The SMILES string of the molecule is CCCN(c1nc(C)ccc1[N+](=O)[O-])C1CCCNC1. The van der Waals surface area contributed by atoms with Crippen molar-refractivity contribution in [3.63, 3.8) is 0 Å². The van der Waals surface area contributed by atoms with Gasteiger partial charge in [0.2, 0.25) is 5.82 Å². The molecule has 0 aliphatic carbocycles. The van der Waals surface area contributed by atoms with Crippen molar-refractivity contribution < 1.29 is 4.92 Å². The molecule has 1 saturated heterocycles. The minimum atomic E-state index is -0.333. The van der Waals surface area contributed by atoms with Gasteiger partial charge in [0.15, 0.2) is 0 Å². The minimum Gasteiger partial charge on any atom is -0.347 e. The normalized spacial score (nSPS) is 18.8. The van der Waals surface area contributed by atoms with Crippen molar-refractivity contribution in [1.29, 1.82) is 0 Å². The van der Waals surface area contributed by atoms with Crippen molar-refractivity contribution in [2.24, 2.45) is 0 Å². The molecular formula is C14H22N4O2. The molecule has 1 atom stereocenters. The van der Waals surface area contributed by atoms with Crippen molar-refractivity contribution in [2.75, 3.05) is 24.5 Å². The summed E-state index contributed by atoms with van der Waals surface area (Å²) >= 11 is 0. The Morgan fingerprint density at radius 3 is 2.95 bits per heavy atom. The maximum atomic E-state index is 11.2. The second-order valence-electron chi connectivity index (χ2n) is 5.25. The fourth-order valence-corrected chi connectivity index (χ4v) is 2.69. The summed E-state index contributed by atoms with van der Waals surface area (Å²) in [6.45, 7) is 6.65. The molecule has 0 amide bonds. The predicted molar refractivity (Wildman–Crippen MR) is 79.2 cm³/mol. The van der Waals surface area contributed by atoms with Gasteiger partial charge in [0.05, 0.1) is 4.92 Å². The Labute approximate surface area is 119 Å². The molecule has 0 saturated carbocycles. The number of nitrogens with zero attached hydrogens (tertiary/aromatic N) is 3. The topological polar surface area (TPSA) is 71.3 Å². The highest BCUT2D eigenvalue weighted by Crippen LogP contribution is 2.29. The minimum absolute atomic E-state index is 0.106. The smallest absolute Gasteiger partial charge is 0.311 e. The molecule has 0 bridgehead atoms. The zero-order valence-corrected chi connectivity index (χ0v) is 12.1. The van der Waals surface area contributed by atoms with Crippen LogP contribution in [0, 0.1) is 17.0 Å². The van der Waals surface area contributed by atoms with Gasteiger partial charge < -0.3 is 10.2 Å². The number of nitrogens with one attached hydrogen (secondary N) is 1. The van der Waals surface area contributed by atoms with Gasteiger partial charge in [-0.1, -0.05) is 6.92 Å². The molecule has 0 aromatic carbocycles. The fourth-order valence-electron chi connectivity index (χ4n) is 2.69. The Morgan fingerprint density at radius 1 is 1.55 bits per heavy atom. The van der Waals surface area contributed by atoms with Crippen LogP contribution in [0.1, 0.15) is 31.9 Å². The van der Waals surface area contributed by atoms with Gasteiger partial charge in [-0.3, -0.25) is 10.1 Å². The number of anilines is 1. The van der Waals surface area contributed by atoms with Crippen LogP contribution in [0.3, 0.4) is 0 Å². The Morgan fingerprint density at radius 2 is 2.35 bits per heavy atom. The first kappa shape index (κ1) is 14.7. The van der Waals surface area contributed by atoms with Crippen molar-refractivity contribution in [3.05, 3.63) is 27.9 Å². The zero-order valence-electron chi connectivity index (χ0n) is 12.1. The molecule has 0 spiro atoms. The van der Waals surface area contributed by atoms with Crippen LogP contribution in [0.4, 0.5) is 11.5 Å². The molecule has 1 N–H and O–H groups in total. The first-order chi connectivity index (χ1) is 9.63. The number of aromatic nitrogens is 1. The summed E-state index contributed by atoms with van der Waals surface area (Å²) in [5.74, 6) is 0.519. The molecule has 2 heterocycles. The molecule has 1 aromatic heterocycles. The molecule has 6 heteroatoms. The molecule has 110 valence electrons. The maximum absolute atomic E-state index is 11.2. The zero-order chi connectivity index (χ0) is 14.5. The average Bonchev–Trinajstić information content (AvgIpc) is 2.45. The number of aryl methyl sites for hydroxylation is 1. The van der Waals surface area contributed by atoms with Gasteiger partial charge >= 0.3 is 5.69 Å². The Hall–Kier alpha value is -1.69. The average molecular weight is 278 g/mol. The summed E-state index contributed by atoms with van der Waals surface area (Å²) in [4.78, 5) is 17.5. The third-order valence-electron chi connectivity index (χ3n) is 3.64. The van der Waals surface area contributed by atoms with E-state index in [4.69, 9.17) is 0 Å². The Bertz CT molecular complexity index is 472. The molecule has 6 nitrogen and oxygen atoms in total. The molecule has 1 fully saturated rings. The second-order valence-corrected chi connectivity index (χ2v) is 5.25. The highest BCUT2D eigenvalue weighted by atomic mass is 16.6. The third-order valence-corrected chi connectivity index (χ3v) is 3.64. The van der Waals surface area contributed by atoms with Crippen LogP contribution in [0.15, 0.2) is 12.1 Å². The van der Waals surface area contributed by atoms with E-state index in [9.17, 15) is 10.1 Å². The summed E-state index contributed by atoms with van der Waals surface area (Å²) in [7, 11) is 0. The molecule has 1 aromatic rings. The maximum Gasteiger partial charge on any atom is 0.311 e. The van der Waals surface area contributed by atoms with Crippen LogP contribution >= 0.6 is 0 Å². The van der Waals surface area contributed by atoms with E-state index in [1.807, 2.05) is 6.92 Å². The first-order valence-electron chi connectivity index (χ1n) is 7.23. The molecule has 1 unspecified atom stereocenters. The van der Waals surface area contributed by atoms with Gasteiger partial charge in [-0.15, -0.1) is 0 Å². The summed E-state index contributed by atoms with van der Waals surface area (Å²) in [5, 5.41) is 14.6. The number of hydrogen-bond donors (Lipinski definition) is 1. The Kier molecular flexibility index (Phi) is 4.89. The molecule has 1 aliphatic rings. The number of nitro groups is 1. The van der Waals surface area contributed by atoms with Crippen molar-refractivity contribution in [3.8, 4) is 0 Å². The monoisotopic (exact) mass is 278 g/mol. The highest BCUT2D eigenvalue weighted by Gasteiger charge is 2.27. The van der Waals surface area contributed by atoms with E-state index in [0.717, 1.165) is 44.6 Å². The lowest BCUT2D eigenvalue weighted by Crippen LogP contribution is -2.47.